The van der Waals surface area contributed by atoms with Crippen molar-refractivity contribution in [2.24, 2.45) is 5.92 Å². The molecule has 0 aliphatic carbocycles. The van der Waals surface area contributed by atoms with Gasteiger partial charge in [-0.15, -0.1) is 0 Å². The van der Waals surface area contributed by atoms with E-state index in [0.717, 1.165) is 11.1 Å². The van der Waals surface area contributed by atoms with Crippen molar-refractivity contribution in [3.05, 3.63) is 65.0 Å². The third-order valence-corrected chi connectivity index (χ3v) is 3.97. The summed E-state index contributed by atoms with van der Waals surface area (Å²) < 4.78 is 24.1. The summed E-state index contributed by atoms with van der Waals surface area (Å²) in [7, 11) is 1.59. The Morgan fingerprint density at radius 2 is 1.81 bits per heavy atom. The minimum Gasteiger partial charge on any atom is -0.496 e. The first-order valence-electron chi connectivity index (χ1n) is 8.71. The number of hydrogen-bond acceptors (Lipinski definition) is 3. The van der Waals surface area contributed by atoms with Crippen molar-refractivity contribution in [3.8, 4) is 5.75 Å². The van der Waals surface area contributed by atoms with Crippen LogP contribution in [0.5, 0.6) is 5.75 Å². The summed E-state index contributed by atoms with van der Waals surface area (Å²) in [5.41, 5.74) is 2.20. The zero-order valence-electron chi connectivity index (χ0n) is 15.7. The SMILES string of the molecule is COc1ccc(C(=O)NC(C)c2ccc(F)cc2)cc1COCC(C)C. The fraction of sp³-hybridized carbons (Fsp3) is 0.381. The van der Waals surface area contributed by atoms with Crippen molar-refractivity contribution in [3.63, 3.8) is 0 Å². The Kier molecular flexibility index (Phi) is 7.16. The number of carbonyl (C=O) groups excluding carboxylic acids is 1. The van der Waals surface area contributed by atoms with Gasteiger partial charge < -0.3 is 14.8 Å². The molecule has 0 aliphatic heterocycles. The average molecular weight is 359 g/mol. The van der Waals surface area contributed by atoms with Crippen molar-refractivity contribution < 1.29 is 18.7 Å². The van der Waals surface area contributed by atoms with Crippen molar-refractivity contribution in [1.82, 2.24) is 5.32 Å². The molecule has 1 atom stereocenters. The second kappa shape index (κ2) is 9.34. The van der Waals surface area contributed by atoms with Gasteiger partial charge in [-0.1, -0.05) is 26.0 Å². The molecule has 0 aliphatic rings. The van der Waals surface area contributed by atoms with Crippen LogP contribution in [0.4, 0.5) is 4.39 Å². The smallest absolute Gasteiger partial charge is 0.251 e. The van der Waals surface area contributed by atoms with Gasteiger partial charge in [0.1, 0.15) is 11.6 Å². The summed E-state index contributed by atoms with van der Waals surface area (Å²) in [5, 5.41) is 2.93. The van der Waals surface area contributed by atoms with Gasteiger partial charge in [-0.2, -0.15) is 0 Å². The van der Waals surface area contributed by atoms with Crippen molar-refractivity contribution in [1.29, 1.82) is 0 Å². The lowest BCUT2D eigenvalue weighted by molar-refractivity contribution is 0.0930. The molecule has 4 nitrogen and oxygen atoms in total. The van der Waals surface area contributed by atoms with Gasteiger partial charge in [0.15, 0.2) is 0 Å². The van der Waals surface area contributed by atoms with Gasteiger partial charge in [-0.3, -0.25) is 4.79 Å². The molecule has 26 heavy (non-hydrogen) atoms. The molecule has 0 aromatic heterocycles. The predicted octanol–water partition coefficient (Wildman–Crippen LogP) is 4.50. The molecular weight excluding hydrogens is 333 g/mol. The highest BCUT2D eigenvalue weighted by molar-refractivity contribution is 5.94. The molecule has 1 amide bonds. The third kappa shape index (κ3) is 5.56. The number of nitrogens with one attached hydrogen (secondary N) is 1. The van der Waals surface area contributed by atoms with E-state index in [1.54, 1.807) is 37.4 Å². The number of carbonyl (C=O) groups is 1. The molecule has 2 aromatic rings. The van der Waals surface area contributed by atoms with E-state index in [4.69, 9.17) is 9.47 Å². The number of benzene rings is 2. The van der Waals surface area contributed by atoms with Crippen LogP contribution in [0.25, 0.3) is 0 Å². The lowest BCUT2D eigenvalue weighted by Gasteiger charge is -2.16. The Balaban J connectivity index is 2.08. The minimum atomic E-state index is -0.298. The molecule has 5 heteroatoms. The summed E-state index contributed by atoms with van der Waals surface area (Å²) in [4.78, 5) is 12.6. The van der Waals surface area contributed by atoms with Gasteiger partial charge in [-0.05, 0) is 48.7 Å². The van der Waals surface area contributed by atoms with E-state index in [9.17, 15) is 9.18 Å². The Labute approximate surface area is 154 Å². The van der Waals surface area contributed by atoms with E-state index < -0.39 is 0 Å². The average Bonchev–Trinajstić information content (AvgIpc) is 2.61. The van der Waals surface area contributed by atoms with E-state index in [1.807, 2.05) is 6.92 Å². The fourth-order valence-corrected chi connectivity index (χ4v) is 2.55. The van der Waals surface area contributed by atoms with Crippen LogP contribution in [0.1, 0.15) is 48.3 Å². The van der Waals surface area contributed by atoms with E-state index in [2.05, 4.69) is 19.2 Å². The lowest BCUT2D eigenvalue weighted by atomic mass is 10.1. The van der Waals surface area contributed by atoms with E-state index in [1.165, 1.54) is 12.1 Å². The Morgan fingerprint density at radius 3 is 2.42 bits per heavy atom. The first-order chi connectivity index (χ1) is 12.4. The number of rotatable bonds is 8. The topological polar surface area (TPSA) is 47.6 Å². The largest absolute Gasteiger partial charge is 0.496 e. The first-order valence-corrected chi connectivity index (χ1v) is 8.71. The van der Waals surface area contributed by atoms with Crippen LogP contribution in [0, 0.1) is 11.7 Å². The number of halogens is 1. The molecule has 1 N–H and O–H groups in total. The van der Waals surface area contributed by atoms with Gasteiger partial charge in [0.2, 0.25) is 0 Å². The minimum absolute atomic E-state index is 0.199. The normalized spacial score (nSPS) is 12.1. The van der Waals surface area contributed by atoms with Crippen LogP contribution < -0.4 is 10.1 Å². The van der Waals surface area contributed by atoms with Crippen molar-refractivity contribution >= 4 is 5.91 Å². The maximum absolute atomic E-state index is 13.0. The molecule has 1 unspecified atom stereocenters. The number of methoxy groups -OCH3 is 1. The molecular formula is C21H26FNO3. The Hall–Kier alpha value is -2.40. The number of hydrogen-bond donors (Lipinski definition) is 1. The van der Waals surface area contributed by atoms with Crippen molar-refractivity contribution in [2.45, 2.75) is 33.4 Å². The first kappa shape index (κ1) is 19.9. The molecule has 2 rings (SSSR count). The van der Waals surface area contributed by atoms with Crippen LogP contribution in [-0.4, -0.2) is 19.6 Å². The van der Waals surface area contributed by atoms with Gasteiger partial charge in [0, 0.05) is 17.7 Å². The Bertz CT molecular complexity index is 729. The van der Waals surface area contributed by atoms with Gasteiger partial charge in [0.05, 0.1) is 19.8 Å². The standard InChI is InChI=1S/C21H26FNO3/c1-14(2)12-26-13-18-11-17(7-10-20(18)25-4)21(24)23-15(3)16-5-8-19(22)9-6-16/h5-11,14-15H,12-13H2,1-4H3,(H,23,24). The highest BCUT2D eigenvalue weighted by Gasteiger charge is 2.14. The quantitative estimate of drug-likeness (QED) is 0.755. The monoisotopic (exact) mass is 359 g/mol. The molecule has 0 saturated heterocycles. The zero-order chi connectivity index (χ0) is 19.1. The summed E-state index contributed by atoms with van der Waals surface area (Å²) >= 11 is 0. The van der Waals surface area contributed by atoms with Gasteiger partial charge in [-0.25, -0.2) is 4.39 Å². The lowest BCUT2D eigenvalue weighted by Crippen LogP contribution is -2.26. The van der Waals surface area contributed by atoms with Gasteiger partial charge >= 0.3 is 0 Å². The molecule has 2 aromatic carbocycles. The van der Waals surface area contributed by atoms with Crippen LogP contribution in [0.3, 0.4) is 0 Å². The number of amides is 1. The molecule has 0 bridgehead atoms. The van der Waals surface area contributed by atoms with Crippen LogP contribution in [0.15, 0.2) is 42.5 Å². The molecule has 0 radical (unpaired) electrons. The molecule has 0 fully saturated rings. The predicted molar refractivity (Wildman–Crippen MR) is 99.8 cm³/mol. The highest BCUT2D eigenvalue weighted by atomic mass is 19.1. The van der Waals surface area contributed by atoms with E-state index in [-0.39, 0.29) is 17.8 Å². The van der Waals surface area contributed by atoms with Crippen LogP contribution in [0.2, 0.25) is 0 Å². The maximum atomic E-state index is 13.0. The van der Waals surface area contributed by atoms with Crippen LogP contribution >= 0.6 is 0 Å². The second-order valence-corrected chi connectivity index (χ2v) is 6.68. The summed E-state index contributed by atoms with van der Waals surface area (Å²) in [6.07, 6.45) is 0. The second-order valence-electron chi connectivity index (χ2n) is 6.68. The van der Waals surface area contributed by atoms with E-state index in [0.29, 0.717) is 30.4 Å². The summed E-state index contributed by atoms with van der Waals surface area (Å²) in [6, 6.07) is 11.1. The molecule has 140 valence electrons. The molecule has 0 spiro atoms. The van der Waals surface area contributed by atoms with Crippen LogP contribution in [-0.2, 0) is 11.3 Å². The van der Waals surface area contributed by atoms with Crippen molar-refractivity contribution in [2.75, 3.05) is 13.7 Å². The summed E-state index contributed by atoms with van der Waals surface area (Å²) in [6.45, 7) is 7.05. The number of ether oxygens (including phenoxy) is 2. The Morgan fingerprint density at radius 1 is 1.12 bits per heavy atom. The fourth-order valence-electron chi connectivity index (χ4n) is 2.55. The zero-order valence-corrected chi connectivity index (χ0v) is 15.7. The van der Waals surface area contributed by atoms with Gasteiger partial charge in [0.25, 0.3) is 5.91 Å². The third-order valence-electron chi connectivity index (χ3n) is 3.97. The molecule has 0 heterocycles. The highest BCUT2D eigenvalue weighted by Crippen LogP contribution is 2.22. The van der Waals surface area contributed by atoms with E-state index >= 15 is 0 Å². The molecule has 0 saturated carbocycles. The summed E-state index contributed by atoms with van der Waals surface area (Å²) in [5.74, 6) is 0.629. The maximum Gasteiger partial charge on any atom is 0.251 e.